The molecule has 1 amide bonds. The Morgan fingerprint density at radius 3 is 2.81 bits per heavy atom. The molecule has 1 saturated heterocycles. The Balaban J connectivity index is 1.29. The molecule has 3 N–H and O–H groups in total. The minimum atomic E-state index is -0.856. The van der Waals surface area contributed by atoms with E-state index in [0.29, 0.717) is 31.5 Å². The summed E-state index contributed by atoms with van der Waals surface area (Å²) in [5.74, 6) is -1.09. The molecule has 1 aliphatic carbocycles. The van der Waals surface area contributed by atoms with Crippen LogP contribution in [0.15, 0.2) is 30.5 Å². The Morgan fingerprint density at radius 2 is 2.06 bits per heavy atom. The summed E-state index contributed by atoms with van der Waals surface area (Å²) in [7, 11) is 0. The van der Waals surface area contributed by atoms with Crippen molar-refractivity contribution in [2.75, 3.05) is 6.61 Å². The van der Waals surface area contributed by atoms with Gasteiger partial charge in [-0.1, -0.05) is 30.2 Å². The number of aliphatic hydroxyl groups excluding tert-OH is 1. The number of carbonyl (C=O) groups excluding carboxylic acids is 1. The molecule has 3 atom stereocenters. The lowest BCUT2D eigenvalue weighted by Crippen LogP contribution is -2.51. The number of nitrogens with one attached hydrogen (secondary N) is 1. The van der Waals surface area contributed by atoms with Crippen molar-refractivity contribution >= 4 is 5.91 Å². The van der Waals surface area contributed by atoms with Crippen LogP contribution in [0.5, 0.6) is 0 Å². The first-order valence-electron chi connectivity index (χ1n) is 10.9. The van der Waals surface area contributed by atoms with Gasteiger partial charge >= 0.3 is 0 Å². The van der Waals surface area contributed by atoms with Gasteiger partial charge in [0.25, 0.3) is 5.91 Å². The van der Waals surface area contributed by atoms with Gasteiger partial charge in [0.2, 0.25) is 0 Å². The van der Waals surface area contributed by atoms with E-state index in [4.69, 9.17) is 4.74 Å². The molecule has 2 aromatic rings. The zero-order valence-corrected chi connectivity index (χ0v) is 17.4. The molecule has 2 fully saturated rings. The highest BCUT2D eigenvalue weighted by molar-refractivity contribution is 5.94. The van der Waals surface area contributed by atoms with Crippen molar-refractivity contribution in [1.82, 2.24) is 20.3 Å². The zero-order valence-electron chi connectivity index (χ0n) is 17.4. The van der Waals surface area contributed by atoms with E-state index in [2.05, 4.69) is 15.6 Å². The number of rotatable bonds is 7. The molecule has 2 aliphatic rings. The van der Waals surface area contributed by atoms with Crippen molar-refractivity contribution in [2.24, 2.45) is 0 Å². The molecule has 8 nitrogen and oxygen atoms in total. The van der Waals surface area contributed by atoms with E-state index in [1.54, 1.807) is 16.9 Å². The van der Waals surface area contributed by atoms with Crippen LogP contribution in [0.1, 0.15) is 61.0 Å². The molecule has 9 heteroatoms. The lowest BCUT2D eigenvalue weighted by atomic mass is 9.96. The predicted molar refractivity (Wildman–Crippen MR) is 110 cm³/mol. The highest BCUT2D eigenvalue weighted by atomic mass is 19.1. The maximum Gasteiger partial charge on any atom is 0.254 e. The molecule has 0 spiro atoms. The van der Waals surface area contributed by atoms with Crippen LogP contribution in [0.25, 0.3) is 0 Å². The first kappa shape index (κ1) is 21.9. The van der Waals surface area contributed by atoms with Crippen LogP contribution in [0.4, 0.5) is 4.39 Å². The standard InChI is InChI=1S/C22H29FN4O4/c23-17-6-2-1-5-16(17)21(29)24-18-8-7-15(31-19(18)14-28)9-12-27-13-20(25-26-27)22(30)10-3-4-11-22/h1-2,5-6,13,15,18-19,28,30H,3-4,7-12,14H2,(H,24,29)/t15-,18+,19+/m0/s1. The van der Waals surface area contributed by atoms with Gasteiger partial charge in [-0.15, -0.1) is 5.10 Å². The zero-order chi connectivity index (χ0) is 21.8. The normalized spacial score (nSPS) is 25.5. The maximum atomic E-state index is 13.9. The third-order valence-electron chi connectivity index (χ3n) is 6.36. The number of hydrogen-bond donors (Lipinski definition) is 3. The highest BCUT2D eigenvalue weighted by Crippen LogP contribution is 2.37. The summed E-state index contributed by atoms with van der Waals surface area (Å²) >= 11 is 0. The number of nitrogens with zero attached hydrogens (tertiary/aromatic N) is 3. The quantitative estimate of drug-likeness (QED) is 0.617. The number of aromatic nitrogens is 3. The summed E-state index contributed by atoms with van der Waals surface area (Å²) < 4.78 is 21.6. The monoisotopic (exact) mass is 432 g/mol. The van der Waals surface area contributed by atoms with E-state index in [1.807, 2.05) is 0 Å². The number of halogens is 1. The number of aliphatic hydroxyl groups is 2. The van der Waals surface area contributed by atoms with Crippen LogP contribution < -0.4 is 5.32 Å². The van der Waals surface area contributed by atoms with Gasteiger partial charge in [0, 0.05) is 6.54 Å². The molecule has 1 aliphatic heterocycles. The average Bonchev–Trinajstić information content (AvgIpc) is 3.43. The van der Waals surface area contributed by atoms with Crippen molar-refractivity contribution in [3.63, 3.8) is 0 Å². The van der Waals surface area contributed by atoms with Crippen molar-refractivity contribution in [3.8, 4) is 0 Å². The molecule has 2 heterocycles. The largest absolute Gasteiger partial charge is 0.394 e. The molecule has 0 unspecified atom stereocenters. The number of aryl methyl sites for hydroxylation is 1. The van der Waals surface area contributed by atoms with E-state index in [9.17, 15) is 19.4 Å². The second kappa shape index (κ2) is 9.42. The van der Waals surface area contributed by atoms with Gasteiger partial charge in [-0.25, -0.2) is 4.39 Å². The fraction of sp³-hybridized carbons (Fsp3) is 0.591. The summed E-state index contributed by atoms with van der Waals surface area (Å²) in [6.45, 7) is 0.345. The second-order valence-corrected chi connectivity index (χ2v) is 8.51. The molecule has 168 valence electrons. The van der Waals surface area contributed by atoms with Gasteiger partial charge in [-0.3, -0.25) is 9.48 Å². The van der Waals surface area contributed by atoms with Crippen LogP contribution in [0.3, 0.4) is 0 Å². The van der Waals surface area contributed by atoms with E-state index in [-0.39, 0.29) is 24.3 Å². The van der Waals surface area contributed by atoms with Crippen molar-refractivity contribution in [2.45, 2.75) is 75.3 Å². The molecular formula is C22H29FN4O4. The van der Waals surface area contributed by atoms with Crippen LogP contribution in [0, 0.1) is 5.82 Å². The fourth-order valence-corrected chi connectivity index (χ4v) is 4.51. The Bertz CT molecular complexity index is 899. The average molecular weight is 432 g/mol. The molecule has 0 bridgehead atoms. The molecule has 0 radical (unpaired) electrons. The summed E-state index contributed by atoms with van der Waals surface area (Å²) in [6, 6.07) is 5.42. The minimum absolute atomic E-state index is 0.0211. The first-order chi connectivity index (χ1) is 15.0. The van der Waals surface area contributed by atoms with Gasteiger partial charge < -0.3 is 20.3 Å². The SMILES string of the molecule is O=C(N[C@@H]1CC[C@@H](CCn2cc(C3(O)CCCC3)nn2)O[C@@H]1CO)c1ccccc1F. The van der Waals surface area contributed by atoms with Gasteiger partial charge in [-0.05, 0) is 44.2 Å². The minimum Gasteiger partial charge on any atom is -0.394 e. The predicted octanol–water partition coefficient (Wildman–Crippen LogP) is 1.91. The number of ether oxygens (including phenoxy) is 1. The van der Waals surface area contributed by atoms with E-state index in [0.717, 1.165) is 25.7 Å². The van der Waals surface area contributed by atoms with Crippen molar-refractivity contribution in [3.05, 3.63) is 47.5 Å². The summed E-state index contributed by atoms with van der Waals surface area (Å²) in [5.41, 5.74) is -0.253. The summed E-state index contributed by atoms with van der Waals surface area (Å²) in [5, 5.41) is 31.5. The van der Waals surface area contributed by atoms with Gasteiger partial charge in [-0.2, -0.15) is 0 Å². The number of benzene rings is 1. The lowest BCUT2D eigenvalue weighted by Gasteiger charge is -2.36. The highest BCUT2D eigenvalue weighted by Gasteiger charge is 2.36. The van der Waals surface area contributed by atoms with E-state index in [1.165, 1.54) is 18.2 Å². The Labute approximate surface area is 180 Å². The van der Waals surface area contributed by atoms with Gasteiger partial charge in [0.05, 0.1) is 30.5 Å². The maximum absolute atomic E-state index is 13.9. The third-order valence-corrected chi connectivity index (χ3v) is 6.36. The molecule has 31 heavy (non-hydrogen) atoms. The van der Waals surface area contributed by atoms with Gasteiger partial charge in [0.15, 0.2) is 0 Å². The Kier molecular flexibility index (Phi) is 6.64. The van der Waals surface area contributed by atoms with Crippen LogP contribution in [-0.4, -0.2) is 56.0 Å². The lowest BCUT2D eigenvalue weighted by molar-refractivity contribution is -0.0912. The van der Waals surface area contributed by atoms with E-state index < -0.39 is 23.4 Å². The smallest absolute Gasteiger partial charge is 0.254 e. The molecular weight excluding hydrogens is 403 g/mol. The Hall–Kier alpha value is -2.36. The molecule has 1 aromatic heterocycles. The van der Waals surface area contributed by atoms with Gasteiger partial charge in [0.1, 0.15) is 23.2 Å². The molecule has 4 rings (SSSR count). The van der Waals surface area contributed by atoms with Crippen molar-refractivity contribution in [1.29, 1.82) is 0 Å². The molecule has 1 aromatic carbocycles. The Morgan fingerprint density at radius 1 is 1.29 bits per heavy atom. The number of carbonyl (C=O) groups is 1. The summed E-state index contributed by atoms with van der Waals surface area (Å²) in [4.78, 5) is 12.4. The van der Waals surface area contributed by atoms with Crippen LogP contribution >= 0.6 is 0 Å². The molecule has 1 saturated carbocycles. The number of hydrogen-bond acceptors (Lipinski definition) is 6. The van der Waals surface area contributed by atoms with Crippen LogP contribution in [0.2, 0.25) is 0 Å². The fourth-order valence-electron chi connectivity index (χ4n) is 4.51. The third kappa shape index (κ3) is 4.94. The summed E-state index contributed by atoms with van der Waals surface area (Å²) in [6.07, 6.45) is 6.57. The van der Waals surface area contributed by atoms with Crippen LogP contribution in [-0.2, 0) is 16.9 Å². The van der Waals surface area contributed by atoms with Crippen molar-refractivity contribution < 1.29 is 24.1 Å². The second-order valence-electron chi connectivity index (χ2n) is 8.51. The number of amides is 1. The first-order valence-corrected chi connectivity index (χ1v) is 10.9. The topological polar surface area (TPSA) is 110 Å². The van der Waals surface area contributed by atoms with E-state index >= 15 is 0 Å².